The zero-order chi connectivity index (χ0) is 18.3. The number of carbonyl (C=O) groups is 2. The van der Waals surface area contributed by atoms with Gasteiger partial charge in [0, 0.05) is 32.1 Å². The molecule has 1 unspecified atom stereocenters. The molecule has 2 N–H and O–H groups in total. The van der Waals surface area contributed by atoms with Crippen LogP contribution in [0.3, 0.4) is 0 Å². The first kappa shape index (κ1) is 19.5. The largest absolute Gasteiger partial charge is 0.459 e. The van der Waals surface area contributed by atoms with Gasteiger partial charge in [-0.15, -0.1) is 0 Å². The molecular weight excluding hydrogens is 346 g/mol. The Hall–Kier alpha value is -1.87. The van der Waals surface area contributed by atoms with Crippen molar-refractivity contribution in [3.8, 4) is 0 Å². The van der Waals surface area contributed by atoms with E-state index in [2.05, 4.69) is 10.0 Å². The van der Waals surface area contributed by atoms with Gasteiger partial charge in [0.1, 0.15) is 0 Å². The molecule has 2 amide bonds. The van der Waals surface area contributed by atoms with Gasteiger partial charge in [-0.2, -0.15) is 0 Å². The van der Waals surface area contributed by atoms with Crippen molar-refractivity contribution in [3.05, 3.63) is 24.2 Å². The molecule has 2 heterocycles. The van der Waals surface area contributed by atoms with E-state index >= 15 is 0 Å². The van der Waals surface area contributed by atoms with Crippen LogP contribution in [0.4, 0.5) is 0 Å². The summed E-state index contributed by atoms with van der Waals surface area (Å²) >= 11 is 0. The Morgan fingerprint density at radius 3 is 2.84 bits per heavy atom. The monoisotopic (exact) mass is 371 g/mol. The van der Waals surface area contributed by atoms with Gasteiger partial charge in [-0.25, -0.2) is 13.1 Å². The van der Waals surface area contributed by atoms with E-state index in [1.165, 1.54) is 6.26 Å². The van der Waals surface area contributed by atoms with Crippen LogP contribution in [0.25, 0.3) is 0 Å². The summed E-state index contributed by atoms with van der Waals surface area (Å²) in [5.74, 6) is -0.0628. The van der Waals surface area contributed by atoms with Gasteiger partial charge in [0.15, 0.2) is 5.76 Å². The highest BCUT2D eigenvalue weighted by atomic mass is 32.2. The van der Waals surface area contributed by atoms with E-state index in [4.69, 9.17) is 4.42 Å². The van der Waals surface area contributed by atoms with Gasteiger partial charge in [0.05, 0.1) is 12.5 Å². The fourth-order valence-corrected chi connectivity index (χ4v) is 3.36. The molecule has 1 atom stereocenters. The van der Waals surface area contributed by atoms with Crippen LogP contribution in [-0.4, -0.2) is 57.1 Å². The van der Waals surface area contributed by atoms with Crippen molar-refractivity contribution in [2.45, 2.75) is 38.1 Å². The van der Waals surface area contributed by atoms with Crippen LogP contribution >= 0.6 is 0 Å². The fraction of sp³-hybridized carbons (Fsp3) is 0.625. The molecule has 0 saturated carbocycles. The number of amides is 2. The lowest BCUT2D eigenvalue weighted by molar-refractivity contribution is -0.134. The topological polar surface area (TPSA) is 109 Å². The van der Waals surface area contributed by atoms with Crippen molar-refractivity contribution < 1.29 is 22.4 Å². The van der Waals surface area contributed by atoms with Crippen molar-refractivity contribution in [3.63, 3.8) is 0 Å². The standard InChI is InChI=1S/C16H25N3O5S/c1-25(22,23)18-12-13-6-2-3-10-19(13)15(20)8-4-9-17-16(21)14-7-5-11-24-14/h5,7,11,13,18H,2-4,6,8-10,12H2,1H3,(H,17,21). The van der Waals surface area contributed by atoms with E-state index in [1.807, 2.05) is 0 Å². The molecule has 1 fully saturated rings. The highest BCUT2D eigenvalue weighted by Gasteiger charge is 2.26. The third-order valence-corrected chi connectivity index (χ3v) is 4.82. The maximum absolute atomic E-state index is 12.4. The Morgan fingerprint density at radius 2 is 2.16 bits per heavy atom. The summed E-state index contributed by atoms with van der Waals surface area (Å²) in [6, 6.07) is 3.11. The molecule has 0 radical (unpaired) electrons. The van der Waals surface area contributed by atoms with E-state index < -0.39 is 10.0 Å². The lowest BCUT2D eigenvalue weighted by Crippen LogP contribution is -2.49. The van der Waals surface area contributed by atoms with Crippen molar-refractivity contribution in [1.29, 1.82) is 0 Å². The first-order valence-corrected chi connectivity index (χ1v) is 10.3. The normalized spacial score (nSPS) is 18.1. The Labute approximate surface area is 148 Å². The van der Waals surface area contributed by atoms with Crippen LogP contribution < -0.4 is 10.0 Å². The SMILES string of the molecule is CS(=O)(=O)NCC1CCCCN1C(=O)CCCNC(=O)c1ccco1. The van der Waals surface area contributed by atoms with Crippen LogP contribution in [0, 0.1) is 0 Å². The smallest absolute Gasteiger partial charge is 0.286 e. The summed E-state index contributed by atoms with van der Waals surface area (Å²) in [5.41, 5.74) is 0. The second kappa shape index (κ2) is 9.00. The Kier molecular flexibility index (Phi) is 7.01. The minimum absolute atomic E-state index is 0.00718. The van der Waals surface area contributed by atoms with Crippen LogP contribution in [0.5, 0.6) is 0 Å². The maximum atomic E-state index is 12.4. The number of furan rings is 1. The quantitative estimate of drug-likeness (QED) is 0.655. The lowest BCUT2D eigenvalue weighted by atomic mass is 10.0. The first-order chi connectivity index (χ1) is 11.9. The predicted molar refractivity (Wildman–Crippen MR) is 92.5 cm³/mol. The molecule has 0 bridgehead atoms. The van der Waals surface area contributed by atoms with Crippen molar-refractivity contribution in [2.24, 2.45) is 0 Å². The molecule has 140 valence electrons. The summed E-state index contributed by atoms with van der Waals surface area (Å²) in [6.07, 6.45) is 6.09. The number of piperidine rings is 1. The first-order valence-electron chi connectivity index (χ1n) is 8.42. The number of nitrogens with one attached hydrogen (secondary N) is 2. The molecule has 1 aliphatic rings. The van der Waals surface area contributed by atoms with E-state index in [9.17, 15) is 18.0 Å². The third kappa shape index (κ3) is 6.50. The summed E-state index contributed by atoms with van der Waals surface area (Å²) in [6.45, 7) is 1.28. The van der Waals surface area contributed by atoms with Gasteiger partial charge in [-0.05, 0) is 37.8 Å². The minimum atomic E-state index is -3.27. The Balaban J connectivity index is 1.74. The summed E-state index contributed by atoms with van der Waals surface area (Å²) in [4.78, 5) is 25.9. The van der Waals surface area contributed by atoms with Crippen molar-refractivity contribution in [1.82, 2.24) is 14.9 Å². The molecule has 2 rings (SSSR count). The number of rotatable bonds is 8. The molecule has 0 spiro atoms. The number of hydrogen-bond donors (Lipinski definition) is 2. The number of nitrogens with zero attached hydrogens (tertiary/aromatic N) is 1. The summed E-state index contributed by atoms with van der Waals surface area (Å²) < 4.78 is 30.0. The van der Waals surface area contributed by atoms with E-state index in [0.29, 0.717) is 25.9 Å². The highest BCUT2D eigenvalue weighted by Crippen LogP contribution is 2.18. The van der Waals surface area contributed by atoms with Gasteiger partial charge >= 0.3 is 0 Å². The molecule has 1 saturated heterocycles. The second-order valence-electron chi connectivity index (χ2n) is 6.19. The average molecular weight is 371 g/mol. The molecule has 25 heavy (non-hydrogen) atoms. The van der Waals surface area contributed by atoms with Crippen LogP contribution in [0.15, 0.2) is 22.8 Å². The molecule has 8 nitrogen and oxygen atoms in total. The van der Waals surface area contributed by atoms with Gasteiger partial charge < -0.3 is 14.6 Å². The maximum Gasteiger partial charge on any atom is 0.286 e. The number of hydrogen-bond acceptors (Lipinski definition) is 5. The Bertz CT molecular complexity index is 672. The highest BCUT2D eigenvalue weighted by molar-refractivity contribution is 7.88. The molecule has 0 aromatic carbocycles. The predicted octanol–water partition coefficient (Wildman–Crippen LogP) is 0.720. The zero-order valence-electron chi connectivity index (χ0n) is 14.4. The fourth-order valence-electron chi connectivity index (χ4n) is 2.87. The minimum Gasteiger partial charge on any atom is -0.459 e. The number of likely N-dealkylation sites (tertiary alicyclic amines) is 1. The summed E-state index contributed by atoms with van der Waals surface area (Å²) in [7, 11) is -3.27. The molecule has 1 aromatic rings. The van der Waals surface area contributed by atoms with E-state index in [1.54, 1.807) is 17.0 Å². The van der Waals surface area contributed by atoms with E-state index in [0.717, 1.165) is 25.5 Å². The number of sulfonamides is 1. The van der Waals surface area contributed by atoms with Gasteiger partial charge in [-0.1, -0.05) is 0 Å². The van der Waals surface area contributed by atoms with Gasteiger partial charge in [-0.3, -0.25) is 9.59 Å². The zero-order valence-corrected chi connectivity index (χ0v) is 15.2. The summed E-state index contributed by atoms with van der Waals surface area (Å²) in [5, 5.41) is 2.70. The van der Waals surface area contributed by atoms with Crippen molar-refractivity contribution >= 4 is 21.8 Å². The molecule has 0 aliphatic carbocycles. The van der Waals surface area contributed by atoms with Gasteiger partial charge in [0.2, 0.25) is 15.9 Å². The third-order valence-electron chi connectivity index (χ3n) is 4.13. The van der Waals surface area contributed by atoms with Crippen LogP contribution in [0.2, 0.25) is 0 Å². The molecule has 1 aromatic heterocycles. The van der Waals surface area contributed by atoms with Crippen LogP contribution in [0.1, 0.15) is 42.7 Å². The second-order valence-corrected chi connectivity index (χ2v) is 8.03. The number of carbonyl (C=O) groups excluding carboxylic acids is 2. The molecule has 9 heteroatoms. The van der Waals surface area contributed by atoms with E-state index in [-0.39, 0.29) is 30.2 Å². The molecular formula is C16H25N3O5S. The van der Waals surface area contributed by atoms with Gasteiger partial charge in [0.25, 0.3) is 5.91 Å². The van der Waals surface area contributed by atoms with Crippen LogP contribution in [-0.2, 0) is 14.8 Å². The lowest BCUT2D eigenvalue weighted by Gasteiger charge is -2.36. The van der Waals surface area contributed by atoms with Crippen molar-refractivity contribution in [2.75, 3.05) is 25.9 Å². The molecule has 1 aliphatic heterocycles. The average Bonchev–Trinajstić information content (AvgIpc) is 3.11. The Morgan fingerprint density at radius 1 is 1.36 bits per heavy atom.